The number of carbonyl (C=O) groups is 1. The highest BCUT2D eigenvalue weighted by atomic mass is 19.2. The summed E-state index contributed by atoms with van der Waals surface area (Å²) in [6, 6.07) is 9.68. The molecule has 0 N–H and O–H groups in total. The normalized spacial score (nSPS) is 18.9. The first-order chi connectivity index (χ1) is 13.9. The lowest BCUT2D eigenvalue weighted by Gasteiger charge is -2.28. The highest BCUT2D eigenvalue weighted by Crippen LogP contribution is 2.40. The maximum absolute atomic E-state index is 14.8. The molecule has 1 saturated carbocycles. The minimum Gasteiger partial charge on any atom is -0.423 e. The van der Waals surface area contributed by atoms with Crippen LogP contribution in [0.4, 0.5) is 8.78 Å². The first kappa shape index (κ1) is 21.0. The molecule has 0 aromatic heterocycles. The molecule has 0 saturated heterocycles. The maximum Gasteiger partial charge on any atom is 0.338 e. The number of hydrogen-bond acceptors (Lipinski definition) is 2. The van der Waals surface area contributed by atoms with Crippen LogP contribution in [0.2, 0.25) is 0 Å². The predicted octanol–water partition coefficient (Wildman–Crippen LogP) is 6.96. The van der Waals surface area contributed by atoms with Crippen molar-refractivity contribution in [2.45, 2.75) is 44.9 Å². The molecular formula is C25H26F2O2. The Bertz CT molecular complexity index is 907. The van der Waals surface area contributed by atoms with Crippen LogP contribution in [0.1, 0.15) is 50.5 Å². The van der Waals surface area contributed by atoms with E-state index in [1.165, 1.54) is 0 Å². The van der Waals surface area contributed by atoms with Crippen molar-refractivity contribution >= 4 is 5.97 Å². The zero-order chi connectivity index (χ0) is 21.0. The smallest absolute Gasteiger partial charge is 0.338 e. The van der Waals surface area contributed by atoms with E-state index in [0.717, 1.165) is 32.1 Å². The number of esters is 1. The quantitative estimate of drug-likeness (QED) is 0.228. The summed E-state index contributed by atoms with van der Waals surface area (Å²) < 4.78 is 34.8. The minimum absolute atomic E-state index is 0.0588. The molecule has 29 heavy (non-hydrogen) atoms. The third-order valence-electron chi connectivity index (χ3n) is 5.62. The zero-order valence-electron chi connectivity index (χ0n) is 16.7. The van der Waals surface area contributed by atoms with Gasteiger partial charge in [0.2, 0.25) is 0 Å². The van der Waals surface area contributed by atoms with Crippen LogP contribution in [0.5, 0.6) is 5.75 Å². The van der Waals surface area contributed by atoms with Crippen LogP contribution in [-0.2, 0) is 4.79 Å². The van der Waals surface area contributed by atoms with Crippen molar-refractivity contribution in [2.75, 3.05) is 0 Å². The summed E-state index contributed by atoms with van der Waals surface area (Å²) in [4.78, 5) is 11.6. The Kier molecular flexibility index (Phi) is 6.63. The van der Waals surface area contributed by atoms with E-state index in [2.05, 4.69) is 13.2 Å². The third-order valence-corrected chi connectivity index (χ3v) is 5.62. The standard InChI is InChI=1S/C25H26F2O2/c1-4-5-17-6-8-18(9-7-17)21-14-15-22(24(27)23(21)26)19-10-12-20(13-11-19)29-25(28)16(2)3/h4,10-15,17-18H,1-2,5-9H2,3H3. The molecule has 2 aromatic rings. The van der Waals surface area contributed by atoms with Crippen molar-refractivity contribution in [2.24, 2.45) is 5.92 Å². The van der Waals surface area contributed by atoms with Crippen LogP contribution in [0.25, 0.3) is 11.1 Å². The fraction of sp³-hybridized carbons (Fsp3) is 0.320. The summed E-state index contributed by atoms with van der Waals surface area (Å²) in [5, 5.41) is 0. The van der Waals surface area contributed by atoms with E-state index in [1.807, 2.05) is 6.08 Å². The molecule has 0 heterocycles. The van der Waals surface area contributed by atoms with Gasteiger partial charge in [0, 0.05) is 11.1 Å². The Morgan fingerprint density at radius 1 is 1.07 bits per heavy atom. The lowest BCUT2D eigenvalue weighted by molar-refractivity contribution is -0.130. The molecule has 1 aliphatic carbocycles. The van der Waals surface area contributed by atoms with Crippen molar-refractivity contribution in [3.05, 3.63) is 78.4 Å². The van der Waals surface area contributed by atoms with Gasteiger partial charge in [0.05, 0.1) is 0 Å². The van der Waals surface area contributed by atoms with Gasteiger partial charge in [0.15, 0.2) is 11.6 Å². The van der Waals surface area contributed by atoms with Gasteiger partial charge in [-0.1, -0.05) is 36.9 Å². The van der Waals surface area contributed by atoms with E-state index in [0.29, 0.717) is 22.8 Å². The average Bonchev–Trinajstić information content (AvgIpc) is 2.72. The number of carbonyl (C=O) groups excluding carboxylic acids is 1. The summed E-state index contributed by atoms with van der Waals surface area (Å²) in [5.41, 5.74) is 1.48. The molecule has 0 bridgehead atoms. The fourth-order valence-corrected chi connectivity index (χ4v) is 3.94. The predicted molar refractivity (Wildman–Crippen MR) is 112 cm³/mol. The SMILES string of the molecule is C=CCC1CCC(c2ccc(-c3ccc(OC(=O)C(=C)C)cc3)c(F)c2F)CC1. The van der Waals surface area contributed by atoms with Crippen LogP contribution in [0.15, 0.2) is 61.2 Å². The van der Waals surface area contributed by atoms with Crippen molar-refractivity contribution in [3.8, 4) is 16.9 Å². The molecule has 3 rings (SSSR count). The van der Waals surface area contributed by atoms with E-state index in [4.69, 9.17) is 4.74 Å². The van der Waals surface area contributed by atoms with Crippen molar-refractivity contribution in [3.63, 3.8) is 0 Å². The molecule has 0 aliphatic heterocycles. The first-order valence-electron chi connectivity index (χ1n) is 9.97. The Hall–Kier alpha value is -2.75. The van der Waals surface area contributed by atoms with E-state index in [9.17, 15) is 13.6 Å². The number of benzene rings is 2. The van der Waals surface area contributed by atoms with Crippen molar-refractivity contribution < 1.29 is 18.3 Å². The van der Waals surface area contributed by atoms with Crippen molar-refractivity contribution in [1.29, 1.82) is 0 Å². The zero-order valence-corrected chi connectivity index (χ0v) is 16.7. The Morgan fingerprint density at radius 2 is 1.72 bits per heavy atom. The van der Waals surface area contributed by atoms with E-state index in [1.54, 1.807) is 43.3 Å². The number of ether oxygens (including phenoxy) is 1. The van der Waals surface area contributed by atoms with Crippen LogP contribution >= 0.6 is 0 Å². The summed E-state index contributed by atoms with van der Waals surface area (Å²) in [6.45, 7) is 8.87. The molecule has 2 nitrogen and oxygen atoms in total. The van der Waals surface area contributed by atoms with Gasteiger partial charge in [-0.25, -0.2) is 13.6 Å². The van der Waals surface area contributed by atoms with Gasteiger partial charge >= 0.3 is 5.97 Å². The number of hydrogen-bond donors (Lipinski definition) is 0. The minimum atomic E-state index is -0.831. The molecule has 1 fully saturated rings. The Morgan fingerprint density at radius 3 is 2.31 bits per heavy atom. The molecule has 0 unspecified atom stereocenters. The molecule has 1 aliphatic rings. The van der Waals surface area contributed by atoms with E-state index < -0.39 is 17.6 Å². The number of rotatable bonds is 6. The number of halogens is 2. The average molecular weight is 396 g/mol. The van der Waals surface area contributed by atoms with Gasteiger partial charge < -0.3 is 4.74 Å². The van der Waals surface area contributed by atoms with Gasteiger partial charge in [-0.3, -0.25) is 0 Å². The van der Waals surface area contributed by atoms with E-state index in [-0.39, 0.29) is 17.1 Å². The molecule has 152 valence electrons. The molecule has 0 amide bonds. The van der Waals surface area contributed by atoms with Crippen LogP contribution in [-0.4, -0.2) is 5.97 Å². The van der Waals surface area contributed by atoms with Crippen LogP contribution in [0.3, 0.4) is 0 Å². The van der Waals surface area contributed by atoms with Gasteiger partial charge in [-0.15, -0.1) is 6.58 Å². The molecule has 2 aromatic carbocycles. The molecule has 0 atom stereocenters. The van der Waals surface area contributed by atoms with Crippen LogP contribution in [0, 0.1) is 17.6 Å². The second-order valence-electron chi connectivity index (χ2n) is 7.77. The Labute approximate surface area is 170 Å². The second-order valence-corrected chi connectivity index (χ2v) is 7.77. The van der Waals surface area contributed by atoms with Gasteiger partial charge in [-0.05, 0) is 74.1 Å². The first-order valence-corrected chi connectivity index (χ1v) is 9.97. The van der Waals surface area contributed by atoms with Crippen molar-refractivity contribution in [1.82, 2.24) is 0 Å². The molecule has 0 radical (unpaired) electrons. The lowest BCUT2D eigenvalue weighted by Crippen LogP contribution is -2.14. The molecular weight excluding hydrogens is 370 g/mol. The number of allylic oxidation sites excluding steroid dienone is 1. The topological polar surface area (TPSA) is 26.3 Å². The molecule has 4 heteroatoms. The van der Waals surface area contributed by atoms with E-state index >= 15 is 0 Å². The summed E-state index contributed by atoms with van der Waals surface area (Å²) >= 11 is 0. The summed E-state index contributed by atoms with van der Waals surface area (Å²) in [7, 11) is 0. The lowest BCUT2D eigenvalue weighted by atomic mass is 9.77. The van der Waals surface area contributed by atoms with Gasteiger partial charge in [-0.2, -0.15) is 0 Å². The Balaban J connectivity index is 1.77. The fourth-order valence-electron chi connectivity index (χ4n) is 3.94. The monoisotopic (exact) mass is 396 g/mol. The highest BCUT2D eigenvalue weighted by molar-refractivity contribution is 5.88. The second kappa shape index (κ2) is 9.17. The maximum atomic E-state index is 14.8. The summed E-state index contributed by atoms with van der Waals surface area (Å²) in [6.07, 6.45) is 6.70. The largest absolute Gasteiger partial charge is 0.423 e. The van der Waals surface area contributed by atoms with Gasteiger partial charge in [0.1, 0.15) is 5.75 Å². The molecule has 0 spiro atoms. The van der Waals surface area contributed by atoms with Crippen LogP contribution < -0.4 is 4.74 Å². The third kappa shape index (κ3) is 4.81. The highest BCUT2D eigenvalue weighted by Gasteiger charge is 2.26. The van der Waals surface area contributed by atoms with Gasteiger partial charge in [0.25, 0.3) is 0 Å². The summed E-state index contributed by atoms with van der Waals surface area (Å²) in [5.74, 6) is -1.12.